The summed E-state index contributed by atoms with van der Waals surface area (Å²) in [5.74, 6) is -0.222. The molecule has 0 aliphatic carbocycles. The van der Waals surface area contributed by atoms with Crippen LogP contribution < -0.4 is 20.5 Å². The van der Waals surface area contributed by atoms with E-state index in [1.807, 2.05) is 4.90 Å². The van der Waals surface area contributed by atoms with E-state index in [4.69, 9.17) is 8.85 Å². The third-order valence-corrected chi connectivity index (χ3v) is 9.63. The second-order valence-electron chi connectivity index (χ2n) is 12.4. The molecule has 6 heterocycles. The minimum atomic E-state index is -2.49. The molecular formula is C32H35F2N7O3. The van der Waals surface area contributed by atoms with Gasteiger partial charge in [-0.2, -0.15) is 19.7 Å². The summed E-state index contributed by atoms with van der Waals surface area (Å²) in [5.41, 5.74) is -1.65. The van der Waals surface area contributed by atoms with E-state index >= 15 is 0 Å². The van der Waals surface area contributed by atoms with Crippen LogP contribution in [-0.4, -0.2) is 86.3 Å². The second-order valence-corrected chi connectivity index (χ2v) is 12.4. The Morgan fingerprint density at radius 2 is 2.05 bits per heavy atom. The number of anilines is 1. The summed E-state index contributed by atoms with van der Waals surface area (Å²) >= 11 is 0. The van der Waals surface area contributed by atoms with Gasteiger partial charge in [-0.25, -0.2) is 8.78 Å². The van der Waals surface area contributed by atoms with Crippen molar-refractivity contribution >= 4 is 27.5 Å². The van der Waals surface area contributed by atoms with Gasteiger partial charge in [0.25, 0.3) is 5.56 Å². The molecule has 0 saturated carbocycles. The molecule has 2 aromatic heterocycles. The first kappa shape index (κ1) is 24.4. The van der Waals surface area contributed by atoms with E-state index in [1.54, 1.807) is 11.8 Å². The SMILES string of the molecule is [2H]C([2H])(Oc1nc(N2C[C@H]3CC[C@@H](C2)N3)c2cnn(-c3cc(O)cc4ccc(F)c(CC)c34)c(=O)c2n1)[C@@]12CCCN1C[C@]([2H])(F)C2. The molecule has 4 aliphatic heterocycles. The number of nitrogens with zero attached hydrogens (tertiary/aromatic N) is 6. The Morgan fingerprint density at radius 3 is 2.84 bits per heavy atom. The van der Waals surface area contributed by atoms with Crippen molar-refractivity contribution in [3.05, 3.63) is 52.2 Å². The summed E-state index contributed by atoms with van der Waals surface area (Å²) in [6.07, 6.45) is 1.98. The normalized spacial score (nSPS) is 29.6. The van der Waals surface area contributed by atoms with Gasteiger partial charge in [0.1, 0.15) is 35.6 Å². The van der Waals surface area contributed by atoms with Gasteiger partial charge in [-0.05, 0) is 61.7 Å². The summed E-state index contributed by atoms with van der Waals surface area (Å²) < 4.78 is 63.2. The molecule has 2 aromatic carbocycles. The van der Waals surface area contributed by atoms with Crippen LogP contribution >= 0.6 is 0 Å². The monoisotopic (exact) mass is 606 g/mol. The molecule has 8 rings (SSSR count). The number of aromatic hydroxyl groups is 1. The van der Waals surface area contributed by atoms with Crippen LogP contribution in [0.1, 0.15) is 48.7 Å². The van der Waals surface area contributed by atoms with Crippen LogP contribution in [0.15, 0.2) is 35.3 Å². The predicted molar refractivity (Wildman–Crippen MR) is 162 cm³/mol. The van der Waals surface area contributed by atoms with Gasteiger partial charge in [-0.1, -0.05) is 13.0 Å². The molecule has 4 atom stereocenters. The van der Waals surface area contributed by atoms with Crippen LogP contribution in [0.3, 0.4) is 0 Å². The molecule has 4 fully saturated rings. The molecule has 0 spiro atoms. The van der Waals surface area contributed by atoms with E-state index in [0.29, 0.717) is 66.4 Å². The minimum Gasteiger partial charge on any atom is -0.508 e. The van der Waals surface area contributed by atoms with Gasteiger partial charge in [0.15, 0.2) is 0 Å². The number of phenols is 1. The van der Waals surface area contributed by atoms with E-state index in [1.165, 1.54) is 30.5 Å². The zero-order valence-electron chi connectivity index (χ0n) is 27.3. The number of alkyl halides is 1. The summed E-state index contributed by atoms with van der Waals surface area (Å²) in [7, 11) is 0. The highest BCUT2D eigenvalue weighted by molar-refractivity contribution is 5.95. The van der Waals surface area contributed by atoms with E-state index in [-0.39, 0.29) is 48.0 Å². The highest BCUT2D eigenvalue weighted by atomic mass is 19.1. The molecule has 10 nitrogen and oxygen atoms in total. The van der Waals surface area contributed by atoms with Crippen LogP contribution in [0.2, 0.25) is 0 Å². The maximum absolute atomic E-state index is 15.0. The van der Waals surface area contributed by atoms with Gasteiger partial charge >= 0.3 is 6.01 Å². The Morgan fingerprint density at radius 1 is 1.23 bits per heavy atom. The quantitative estimate of drug-likeness (QED) is 0.340. The molecule has 44 heavy (non-hydrogen) atoms. The van der Waals surface area contributed by atoms with Gasteiger partial charge in [0.05, 0.1) is 26.9 Å². The van der Waals surface area contributed by atoms with Crippen molar-refractivity contribution in [2.24, 2.45) is 0 Å². The number of ether oxygens (including phenoxy) is 1. The minimum absolute atomic E-state index is 0.0971. The molecule has 4 aliphatic rings. The van der Waals surface area contributed by atoms with Crippen molar-refractivity contribution in [1.82, 2.24) is 30.0 Å². The molecule has 0 unspecified atom stereocenters. The van der Waals surface area contributed by atoms with Crippen molar-refractivity contribution in [3.63, 3.8) is 0 Å². The average Bonchev–Trinajstić information content (AvgIpc) is 3.66. The summed E-state index contributed by atoms with van der Waals surface area (Å²) in [6, 6.07) is 5.73. The number of hydrogen-bond donors (Lipinski definition) is 2. The Balaban J connectivity index is 1.31. The third-order valence-electron chi connectivity index (χ3n) is 9.63. The lowest BCUT2D eigenvalue weighted by Gasteiger charge is -2.34. The summed E-state index contributed by atoms with van der Waals surface area (Å²) in [6.45, 7) is 0.705. The Kier molecular flexibility index (Phi) is 5.74. The van der Waals surface area contributed by atoms with Gasteiger partial charge in [0.2, 0.25) is 0 Å². The Bertz CT molecular complexity index is 1980. The van der Waals surface area contributed by atoms with Crippen molar-refractivity contribution < 1.29 is 22.7 Å². The smallest absolute Gasteiger partial charge is 0.319 e. The van der Waals surface area contributed by atoms with E-state index in [0.717, 1.165) is 17.5 Å². The molecule has 4 aromatic rings. The zero-order chi connectivity index (χ0) is 32.9. The number of phenolic OH excluding ortho intramolecular Hbond substituents is 1. The maximum atomic E-state index is 15.0. The van der Waals surface area contributed by atoms with Crippen molar-refractivity contribution in [2.45, 2.75) is 69.2 Å². The lowest BCUT2D eigenvalue weighted by molar-refractivity contribution is 0.107. The fraction of sp³-hybridized carbons (Fsp3) is 0.500. The van der Waals surface area contributed by atoms with Gasteiger partial charge < -0.3 is 20.1 Å². The third kappa shape index (κ3) is 4.41. The number of halogens is 2. The fourth-order valence-electron chi connectivity index (χ4n) is 7.64. The molecule has 0 radical (unpaired) electrons. The number of rotatable bonds is 6. The average molecular weight is 607 g/mol. The largest absolute Gasteiger partial charge is 0.508 e. The number of nitrogens with one attached hydrogen (secondary N) is 1. The molecule has 4 saturated heterocycles. The van der Waals surface area contributed by atoms with Crippen molar-refractivity contribution in [1.29, 1.82) is 0 Å². The first-order valence-corrected chi connectivity index (χ1v) is 15.3. The maximum Gasteiger partial charge on any atom is 0.319 e. The molecule has 0 amide bonds. The van der Waals surface area contributed by atoms with Crippen LogP contribution in [0, 0.1) is 5.82 Å². The second kappa shape index (κ2) is 10.3. The van der Waals surface area contributed by atoms with Gasteiger partial charge in [-0.3, -0.25) is 9.69 Å². The molecular weight excluding hydrogens is 568 g/mol. The number of hydrogen-bond acceptors (Lipinski definition) is 9. The molecule has 2 N–H and O–H groups in total. The topological polar surface area (TPSA) is 109 Å². The first-order valence-electron chi connectivity index (χ1n) is 16.8. The standard InChI is InChI=1S/C32H35F2N7O3/c1-2-23-25(34)7-4-18-10-22(42)11-26(27(18)23)41-30(43)28-24(13-35-41)29(39-15-20-5-6-21(16-39)36-20)38-31(37-28)44-17-32-8-3-9-40(32)14-19(33)12-32/h4,7,10-11,13,19-21,36,42H,2-3,5-6,8-9,12,14-17H2,1H3/t19-,20-,21+,32+/m1/s1/i17D2,19D. The summed E-state index contributed by atoms with van der Waals surface area (Å²) in [5, 5.41) is 19.9. The van der Waals surface area contributed by atoms with Crippen molar-refractivity contribution in [2.75, 3.05) is 37.6 Å². The van der Waals surface area contributed by atoms with Crippen LogP contribution in [0.4, 0.5) is 14.6 Å². The van der Waals surface area contributed by atoms with E-state index < -0.39 is 29.6 Å². The van der Waals surface area contributed by atoms with Gasteiger partial charge in [-0.15, -0.1) is 0 Å². The number of piperazine rings is 1. The number of fused-ring (bicyclic) bond motifs is 5. The summed E-state index contributed by atoms with van der Waals surface area (Å²) in [4.78, 5) is 27.1. The highest BCUT2D eigenvalue weighted by Gasteiger charge is 2.49. The highest BCUT2D eigenvalue weighted by Crippen LogP contribution is 2.40. The molecule has 12 heteroatoms. The Labute approximate surface area is 256 Å². The lowest BCUT2D eigenvalue weighted by atomic mass is 9.95. The van der Waals surface area contributed by atoms with Crippen molar-refractivity contribution in [3.8, 4) is 17.4 Å². The van der Waals surface area contributed by atoms with Crippen LogP contribution in [-0.2, 0) is 6.42 Å². The van der Waals surface area contributed by atoms with Gasteiger partial charge in [0, 0.05) is 49.6 Å². The van der Waals surface area contributed by atoms with Crippen LogP contribution in [0.25, 0.3) is 27.4 Å². The van der Waals surface area contributed by atoms with E-state index in [2.05, 4.69) is 20.4 Å². The zero-order valence-corrected chi connectivity index (χ0v) is 24.3. The molecule has 2 bridgehead atoms. The fourth-order valence-corrected chi connectivity index (χ4v) is 7.64. The van der Waals surface area contributed by atoms with Crippen LogP contribution in [0.5, 0.6) is 11.8 Å². The predicted octanol–water partition coefficient (Wildman–Crippen LogP) is 3.63. The van der Waals surface area contributed by atoms with E-state index in [9.17, 15) is 18.7 Å². The number of aromatic nitrogens is 4. The molecule has 230 valence electrons. The number of benzene rings is 2. The first-order chi connectivity index (χ1) is 22.4. The Hall–Kier alpha value is -3.90. The number of aryl methyl sites for hydroxylation is 1. The lowest BCUT2D eigenvalue weighted by Crippen LogP contribution is -2.51.